The number of piperidine rings is 1. The third kappa shape index (κ3) is 3.51. The first-order chi connectivity index (χ1) is 9.55. The maximum absolute atomic E-state index is 12.6. The molecule has 2 fully saturated rings. The molecule has 2 heterocycles. The van der Waals surface area contributed by atoms with Crippen LogP contribution in [-0.4, -0.2) is 56.9 Å². The summed E-state index contributed by atoms with van der Waals surface area (Å²) in [5.74, 6) is -0.599. The molecular formula is C13H23NO5S. The molecule has 0 aromatic heterocycles. The molecule has 0 radical (unpaired) electrons. The highest BCUT2D eigenvalue weighted by molar-refractivity contribution is 7.89. The molecule has 0 saturated carbocycles. The van der Waals surface area contributed by atoms with Gasteiger partial charge in [0.25, 0.3) is 0 Å². The molecule has 116 valence electrons. The third-order valence-corrected chi connectivity index (χ3v) is 6.32. The van der Waals surface area contributed by atoms with Gasteiger partial charge in [0, 0.05) is 26.3 Å². The second kappa shape index (κ2) is 6.87. The monoisotopic (exact) mass is 305 g/mol. The van der Waals surface area contributed by atoms with Gasteiger partial charge in [-0.05, 0) is 32.6 Å². The van der Waals surface area contributed by atoms with Crippen LogP contribution in [-0.2, 0) is 24.3 Å². The van der Waals surface area contributed by atoms with Crippen LogP contribution in [0.3, 0.4) is 0 Å². The zero-order valence-electron chi connectivity index (χ0n) is 11.9. The van der Waals surface area contributed by atoms with Gasteiger partial charge in [-0.2, -0.15) is 0 Å². The van der Waals surface area contributed by atoms with Gasteiger partial charge in [-0.1, -0.05) is 0 Å². The quantitative estimate of drug-likeness (QED) is 0.717. The summed E-state index contributed by atoms with van der Waals surface area (Å²) in [7, 11) is -3.32. The Morgan fingerprint density at radius 3 is 2.65 bits per heavy atom. The molecule has 0 amide bonds. The Kier molecular flexibility index (Phi) is 5.40. The molecule has 2 saturated heterocycles. The standard InChI is InChI=1S/C13H23NO5S/c1-2-19-13(15)11-4-3-7-14(10-11)20(16,17)12-5-8-18-9-6-12/h11-12H,2-10H2,1H3. The zero-order valence-corrected chi connectivity index (χ0v) is 12.7. The Bertz CT molecular complexity index is 430. The molecule has 6 nitrogen and oxygen atoms in total. The second-order valence-corrected chi connectivity index (χ2v) is 7.52. The lowest BCUT2D eigenvalue weighted by atomic mass is 10.0. The SMILES string of the molecule is CCOC(=O)C1CCCN(S(=O)(=O)C2CCOCC2)C1. The van der Waals surface area contributed by atoms with Gasteiger partial charge in [-0.25, -0.2) is 12.7 Å². The number of nitrogens with zero attached hydrogens (tertiary/aromatic N) is 1. The third-order valence-electron chi connectivity index (χ3n) is 3.95. The Morgan fingerprint density at radius 2 is 2.00 bits per heavy atom. The highest BCUT2D eigenvalue weighted by Gasteiger charge is 2.38. The van der Waals surface area contributed by atoms with Crippen molar-refractivity contribution in [2.75, 3.05) is 32.9 Å². The highest BCUT2D eigenvalue weighted by atomic mass is 32.2. The van der Waals surface area contributed by atoms with E-state index in [2.05, 4.69) is 0 Å². The minimum atomic E-state index is -3.32. The van der Waals surface area contributed by atoms with Crippen LogP contribution in [0.2, 0.25) is 0 Å². The van der Waals surface area contributed by atoms with E-state index in [0.29, 0.717) is 52.0 Å². The van der Waals surface area contributed by atoms with E-state index in [1.165, 1.54) is 4.31 Å². The van der Waals surface area contributed by atoms with Crippen molar-refractivity contribution in [1.82, 2.24) is 4.31 Å². The lowest BCUT2D eigenvalue weighted by Gasteiger charge is -2.34. The Morgan fingerprint density at radius 1 is 1.30 bits per heavy atom. The van der Waals surface area contributed by atoms with Crippen molar-refractivity contribution in [2.45, 2.75) is 37.9 Å². The average molecular weight is 305 g/mol. The van der Waals surface area contributed by atoms with Crippen LogP contribution >= 0.6 is 0 Å². The first kappa shape index (κ1) is 15.7. The number of hydrogen-bond donors (Lipinski definition) is 0. The van der Waals surface area contributed by atoms with Crippen molar-refractivity contribution in [3.63, 3.8) is 0 Å². The summed E-state index contributed by atoms with van der Waals surface area (Å²) in [5, 5.41) is -0.364. The van der Waals surface area contributed by atoms with Crippen LogP contribution in [0.1, 0.15) is 32.6 Å². The van der Waals surface area contributed by atoms with Crippen molar-refractivity contribution >= 4 is 16.0 Å². The first-order valence-electron chi connectivity index (χ1n) is 7.29. The predicted octanol–water partition coefficient (Wildman–Crippen LogP) is 0.770. The summed E-state index contributed by atoms with van der Waals surface area (Å²) in [6.45, 7) is 3.87. The van der Waals surface area contributed by atoms with Gasteiger partial charge in [-0.3, -0.25) is 4.79 Å². The minimum absolute atomic E-state index is 0.262. The Hall–Kier alpha value is -0.660. The van der Waals surface area contributed by atoms with Crippen LogP contribution in [0.25, 0.3) is 0 Å². The largest absolute Gasteiger partial charge is 0.466 e. The summed E-state index contributed by atoms with van der Waals surface area (Å²) < 4.78 is 36.9. The van der Waals surface area contributed by atoms with E-state index in [-0.39, 0.29) is 23.7 Å². The molecule has 0 bridgehead atoms. The maximum Gasteiger partial charge on any atom is 0.310 e. The van der Waals surface area contributed by atoms with Crippen molar-refractivity contribution in [3.8, 4) is 0 Å². The minimum Gasteiger partial charge on any atom is -0.466 e. The molecule has 0 aromatic carbocycles. The summed E-state index contributed by atoms with van der Waals surface area (Å²) in [5.41, 5.74) is 0. The molecule has 1 atom stereocenters. The summed E-state index contributed by atoms with van der Waals surface area (Å²) >= 11 is 0. The van der Waals surface area contributed by atoms with Crippen LogP contribution < -0.4 is 0 Å². The van der Waals surface area contributed by atoms with E-state index in [4.69, 9.17) is 9.47 Å². The predicted molar refractivity (Wildman–Crippen MR) is 73.7 cm³/mol. The van der Waals surface area contributed by atoms with Crippen LogP contribution in [0.4, 0.5) is 0 Å². The molecule has 2 aliphatic heterocycles. The lowest BCUT2D eigenvalue weighted by Crippen LogP contribution is -2.47. The topological polar surface area (TPSA) is 72.9 Å². The van der Waals surface area contributed by atoms with Gasteiger partial charge in [0.05, 0.1) is 17.8 Å². The van der Waals surface area contributed by atoms with Gasteiger partial charge in [0.2, 0.25) is 10.0 Å². The van der Waals surface area contributed by atoms with Crippen molar-refractivity contribution in [3.05, 3.63) is 0 Å². The molecule has 2 rings (SSSR count). The van der Waals surface area contributed by atoms with Gasteiger partial charge in [0.1, 0.15) is 0 Å². The van der Waals surface area contributed by atoms with E-state index >= 15 is 0 Å². The Balaban J connectivity index is 2.01. The summed E-state index contributed by atoms with van der Waals surface area (Å²) in [4.78, 5) is 11.8. The van der Waals surface area contributed by atoms with Crippen LogP contribution in [0, 0.1) is 5.92 Å². The average Bonchev–Trinajstić information content (AvgIpc) is 2.48. The van der Waals surface area contributed by atoms with Crippen molar-refractivity contribution in [2.24, 2.45) is 5.92 Å². The fraction of sp³-hybridized carbons (Fsp3) is 0.923. The van der Waals surface area contributed by atoms with Crippen molar-refractivity contribution < 1.29 is 22.7 Å². The number of hydrogen-bond acceptors (Lipinski definition) is 5. The molecule has 0 aromatic rings. The van der Waals surface area contributed by atoms with E-state index < -0.39 is 10.0 Å². The fourth-order valence-corrected chi connectivity index (χ4v) is 4.79. The molecule has 0 N–H and O–H groups in total. The molecule has 7 heteroatoms. The van der Waals surface area contributed by atoms with E-state index in [1.54, 1.807) is 6.92 Å². The number of esters is 1. The number of rotatable bonds is 4. The van der Waals surface area contributed by atoms with Crippen molar-refractivity contribution in [1.29, 1.82) is 0 Å². The molecule has 0 aliphatic carbocycles. The normalized spacial score (nSPS) is 26.4. The van der Waals surface area contributed by atoms with Gasteiger partial charge < -0.3 is 9.47 Å². The highest BCUT2D eigenvalue weighted by Crippen LogP contribution is 2.26. The first-order valence-corrected chi connectivity index (χ1v) is 8.79. The summed E-state index contributed by atoms with van der Waals surface area (Å²) in [6.07, 6.45) is 2.51. The number of sulfonamides is 1. The van der Waals surface area contributed by atoms with Crippen LogP contribution in [0.15, 0.2) is 0 Å². The molecule has 0 spiro atoms. The number of carbonyl (C=O) groups is 1. The Labute approximate surface area is 120 Å². The fourth-order valence-electron chi connectivity index (χ4n) is 2.81. The number of ether oxygens (including phenoxy) is 2. The van der Waals surface area contributed by atoms with Gasteiger partial charge in [0.15, 0.2) is 0 Å². The zero-order chi connectivity index (χ0) is 14.6. The molecule has 1 unspecified atom stereocenters. The molecule has 2 aliphatic rings. The second-order valence-electron chi connectivity index (χ2n) is 5.31. The smallest absolute Gasteiger partial charge is 0.310 e. The summed E-state index contributed by atoms with van der Waals surface area (Å²) in [6, 6.07) is 0. The van der Waals surface area contributed by atoms with Gasteiger partial charge in [-0.15, -0.1) is 0 Å². The van der Waals surface area contributed by atoms with E-state index in [9.17, 15) is 13.2 Å². The number of carbonyl (C=O) groups excluding carboxylic acids is 1. The molecular weight excluding hydrogens is 282 g/mol. The van der Waals surface area contributed by atoms with Crippen LogP contribution in [0.5, 0.6) is 0 Å². The van der Waals surface area contributed by atoms with E-state index in [1.807, 2.05) is 0 Å². The van der Waals surface area contributed by atoms with Gasteiger partial charge >= 0.3 is 5.97 Å². The maximum atomic E-state index is 12.6. The lowest BCUT2D eigenvalue weighted by molar-refractivity contribution is -0.149. The van der Waals surface area contributed by atoms with E-state index in [0.717, 1.165) is 0 Å². The molecule has 20 heavy (non-hydrogen) atoms.